The molecule has 2 fully saturated rings. The van der Waals surface area contributed by atoms with Gasteiger partial charge in [0, 0.05) is 0 Å². The van der Waals surface area contributed by atoms with Crippen molar-refractivity contribution in [3.8, 4) is 0 Å². The van der Waals surface area contributed by atoms with E-state index in [1.165, 1.54) is 132 Å². The van der Waals surface area contributed by atoms with Gasteiger partial charge in [-0.3, -0.25) is 0 Å². The maximum atomic E-state index is 5.80. The van der Waals surface area contributed by atoms with E-state index in [1.54, 1.807) is 0 Å². The van der Waals surface area contributed by atoms with E-state index >= 15 is 0 Å². The Labute approximate surface area is 243 Å². The highest BCUT2D eigenvalue weighted by atomic mass is 14.5. The minimum absolute atomic E-state index is 0.724. The van der Waals surface area contributed by atoms with Gasteiger partial charge in [0.2, 0.25) is 0 Å². The fraction of sp³-hybridized carbons (Fsp3) is 0.784. The third-order valence-electron chi connectivity index (χ3n) is 10.1. The normalized spacial score (nSPS) is 24.8. The zero-order valence-corrected chi connectivity index (χ0v) is 26.0. The summed E-state index contributed by atoms with van der Waals surface area (Å²) in [5.41, 5.74) is 15.9. The summed E-state index contributed by atoms with van der Waals surface area (Å²) in [6, 6.07) is 7.05. The molecule has 2 heteroatoms. The van der Waals surface area contributed by atoms with Crippen LogP contribution in [0.2, 0.25) is 0 Å². The Morgan fingerprint density at radius 3 is 1.64 bits per heavy atom. The minimum Gasteiger partial charge on any atom is -0.330 e. The predicted octanol–water partition coefficient (Wildman–Crippen LogP) is 9.57. The molecule has 0 amide bonds. The van der Waals surface area contributed by atoms with Gasteiger partial charge in [0.25, 0.3) is 0 Å². The highest BCUT2D eigenvalue weighted by molar-refractivity contribution is 5.31. The van der Waals surface area contributed by atoms with Crippen LogP contribution in [0.25, 0.3) is 0 Å². The number of hydrogen-bond donors (Lipinski definition) is 2. The fourth-order valence-electron chi connectivity index (χ4n) is 7.57. The van der Waals surface area contributed by atoms with Crippen molar-refractivity contribution in [1.29, 1.82) is 0 Å². The van der Waals surface area contributed by atoms with Crippen molar-refractivity contribution in [2.75, 3.05) is 13.1 Å². The van der Waals surface area contributed by atoms with Crippen LogP contribution in [0.1, 0.15) is 140 Å². The summed E-state index contributed by atoms with van der Waals surface area (Å²) in [5.74, 6) is 4.69. The molecule has 0 saturated heterocycles. The number of benzene rings is 1. The SMILES string of the molecule is CCCC1CCC(/C=C/C2CCC(CCCC(C)CCCCCc3cc(CCN)cc(CCN)c3)CC2)CC1. The van der Waals surface area contributed by atoms with E-state index in [4.69, 9.17) is 11.5 Å². The molecule has 2 saturated carbocycles. The van der Waals surface area contributed by atoms with Crippen molar-refractivity contribution in [2.24, 2.45) is 41.1 Å². The molecule has 2 aliphatic carbocycles. The molecule has 1 atom stereocenters. The third-order valence-corrected chi connectivity index (χ3v) is 10.1. The number of aryl methyl sites for hydroxylation is 1. The highest BCUT2D eigenvalue weighted by Gasteiger charge is 2.21. The van der Waals surface area contributed by atoms with Gasteiger partial charge < -0.3 is 11.5 Å². The third kappa shape index (κ3) is 12.9. The summed E-state index contributed by atoms with van der Waals surface area (Å²) in [4.78, 5) is 0. The van der Waals surface area contributed by atoms with Crippen LogP contribution in [-0.2, 0) is 19.3 Å². The first kappa shape index (κ1) is 32.4. The molecule has 1 aromatic carbocycles. The second kappa shape index (κ2) is 19.1. The molecule has 0 aromatic heterocycles. The number of hydrogen-bond acceptors (Lipinski definition) is 2. The van der Waals surface area contributed by atoms with Crippen molar-refractivity contribution >= 4 is 0 Å². The molecule has 0 bridgehead atoms. The lowest BCUT2D eigenvalue weighted by molar-refractivity contribution is 0.277. The van der Waals surface area contributed by atoms with Gasteiger partial charge in [-0.05, 0) is 136 Å². The van der Waals surface area contributed by atoms with Gasteiger partial charge in [0.15, 0.2) is 0 Å². The van der Waals surface area contributed by atoms with E-state index in [0.29, 0.717) is 0 Å². The number of allylic oxidation sites excluding steroid dienone is 2. The Balaban J connectivity index is 1.21. The van der Waals surface area contributed by atoms with Gasteiger partial charge in [-0.25, -0.2) is 0 Å². The summed E-state index contributed by atoms with van der Waals surface area (Å²) in [6.45, 7) is 6.29. The molecule has 3 rings (SSSR count). The molecule has 2 nitrogen and oxygen atoms in total. The van der Waals surface area contributed by atoms with Crippen LogP contribution >= 0.6 is 0 Å². The molecule has 0 radical (unpaired) electrons. The van der Waals surface area contributed by atoms with Gasteiger partial charge in [-0.15, -0.1) is 0 Å². The van der Waals surface area contributed by atoms with Crippen LogP contribution in [0.3, 0.4) is 0 Å². The van der Waals surface area contributed by atoms with Gasteiger partial charge in [-0.2, -0.15) is 0 Å². The second-order valence-electron chi connectivity index (χ2n) is 13.6. The smallest absolute Gasteiger partial charge is 0.00367 e. The zero-order valence-electron chi connectivity index (χ0n) is 26.0. The molecule has 0 heterocycles. The van der Waals surface area contributed by atoms with Crippen LogP contribution in [-0.4, -0.2) is 13.1 Å². The van der Waals surface area contributed by atoms with E-state index in [1.807, 2.05) is 0 Å². The van der Waals surface area contributed by atoms with E-state index in [2.05, 4.69) is 44.2 Å². The summed E-state index contributed by atoms with van der Waals surface area (Å²) < 4.78 is 0. The molecule has 1 unspecified atom stereocenters. The topological polar surface area (TPSA) is 52.0 Å². The molecule has 222 valence electrons. The first-order valence-corrected chi connectivity index (χ1v) is 17.3. The molecular weight excluding hydrogens is 472 g/mol. The lowest BCUT2D eigenvalue weighted by Crippen LogP contribution is -2.15. The molecule has 1 aromatic rings. The summed E-state index contributed by atoms with van der Waals surface area (Å²) >= 11 is 0. The maximum Gasteiger partial charge on any atom is -0.00367 e. The van der Waals surface area contributed by atoms with Crippen molar-refractivity contribution in [3.05, 3.63) is 47.0 Å². The first-order valence-electron chi connectivity index (χ1n) is 17.3. The monoisotopic (exact) mass is 537 g/mol. The largest absolute Gasteiger partial charge is 0.330 e. The van der Waals surface area contributed by atoms with E-state index < -0.39 is 0 Å². The molecule has 0 aliphatic heterocycles. The Hall–Kier alpha value is -1.12. The average molecular weight is 537 g/mol. The van der Waals surface area contributed by atoms with Crippen molar-refractivity contribution < 1.29 is 0 Å². The van der Waals surface area contributed by atoms with Gasteiger partial charge >= 0.3 is 0 Å². The molecular formula is C37H64N2. The van der Waals surface area contributed by atoms with Gasteiger partial charge in [-0.1, -0.05) is 95.6 Å². The van der Waals surface area contributed by atoms with Gasteiger partial charge in [0.1, 0.15) is 0 Å². The van der Waals surface area contributed by atoms with Crippen LogP contribution in [0, 0.1) is 29.6 Å². The number of nitrogens with two attached hydrogens (primary N) is 2. The standard InChI is InChI=1S/C37H64N2/c1-3-8-31-13-17-33(18-14-31)21-22-34-19-15-32(16-20-34)12-7-10-30(2)9-5-4-6-11-35-27-36(23-25-38)29-37(28-35)24-26-39/h21-22,27-34H,3-20,23-26,38-39H2,1-2H3/b22-21+. The average Bonchev–Trinajstić information content (AvgIpc) is 2.94. The summed E-state index contributed by atoms with van der Waals surface area (Å²) in [5, 5.41) is 0. The molecule has 0 spiro atoms. The highest BCUT2D eigenvalue weighted by Crippen LogP contribution is 2.36. The van der Waals surface area contributed by atoms with E-state index in [9.17, 15) is 0 Å². The van der Waals surface area contributed by atoms with Gasteiger partial charge in [0.05, 0.1) is 0 Å². The van der Waals surface area contributed by atoms with Crippen LogP contribution < -0.4 is 11.5 Å². The van der Waals surface area contributed by atoms with E-state index in [-0.39, 0.29) is 0 Å². The molecule has 2 aliphatic rings. The van der Waals surface area contributed by atoms with E-state index in [0.717, 1.165) is 55.5 Å². The number of unbranched alkanes of at least 4 members (excludes halogenated alkanes) is 2. The Bertz CT molecular complexity index is 758. The Morgan fingerprint density at radius 1 is 0.641 bits per heavy atom. The van der Waals surface area contributed by atoms with Crippen LogP contribution in [0.15, 0.2) is 30.4 Å². The lowest BCUT2D eigenvalue weighted by Gasteiger charge is -2.29. The van der Waals surface area contributed by atoms with Crippen molar-refractivity contribution in [1.82, 2.24) is 0 Å². The number of rotatable bonds is 18. The minimum atomic E-state index is 0.724. The quantitative estimate of drug-likeness (QED) is 0.145. The maximum absolute atomic E-state index is 5.80. The van der Waals surface area contributed by atoms with Crippen LogP contribution in [0.5, 0.6) is 0 Å². The molecule has 39 heavy (non-hydrogen) atoms. The Morgan fingerprint density at radius 2 is 1.13 bits per heavy atom. The lowest BCUT2D eigenvalue weighted by atomic mass is 9.77. The van der Waals surface area contributed by atoms with Crippen molar-refractivity contribution in [2.45, 2.75) is 142 Å². The fourth-order valence-corrected chi connectivity index (χ4v) is 7.57. The molecule has 4 N–H and O–H groups in total. The summed E-state index contributed by atoms with van der Waals surface area (Å²) in [6.07, 6.45) is 32.8. The second-order valence-corrected chi connectivity index (χ2v) is 13.6. The Kier molecular flexibility index (Phi) is 15.9. The van der Waals surface area contributed by atoms with Crippen molar-refractivity contribution in [3.63, 3.8) is 0 Å². The summed E-state index contributed by atoms with van der Waals surface area (Å²) in [7, 11) is 0. The zero-order chi connectivity index (χ0) is 27.7. The predicted molar refractivity (Wildman–Crippen MR) is 172 cm³/mol. The van der Waals surface area contributed by atoms with Crippen LogP contribution in [0.4, 0.5) is 0 Å². The first-order chi connectivity index (χ1) is 19.1.